The normalized spacial score (nSPS) is 11.9. The summed E-state index contributed by atoms with van der Waals surface area (Å²) in [6.45, 7) is 0. The minimum atomic E-state index is -1.00. The highest BCUT2D eigenvalue weighted by Gasteiger charge is 2.27. The quantitative estimate of drug-likeness (QED) is 0.0913. The molecular weight excluding hydrogens is 699 g/mol. The number of hydrogen-bond donors (Lipinski definition) is 5. The molecule has 0 amide bonds. The van der Waals surface area contributed by atoms with Crippen molar-refractivity contribution in [1.82, 2.24) is 13.7 Å². The predicted octanol–water partition coefficient (Wildman–Crippen LogP) is 11.2. The second kappa shape index (κ2) is 11.6. The van der Waals surface area contributed by atoms with Gasteiger partial charge >= 0.3 is 0 Å². The summed E-state index contributed by atoms with van der Waals surface area (Å²) >= 11 is 0. The molecule has 11 rings (SSSR count). The second-order valence-corrected chi connectivity index (χ2v) is 14.2. The van der Waals surface area contributed by atoms with Gasteiger partial charge in [-0.25, -0.2) is 0 Å². The summed E-state index contributed by atoms with van der Waals surface area (Å²) in [5, 5.41) is 59.1. The molecule has 3 heterocycles. The van der Waals surface area contributed by atoms with Gasteiger partial charge in [-0.3, -0.25) is 0 Å². The van der Waals surface area contributed by atoms with Gasteiger partial charge in [0.05, 0.1) is 33.1 Å². The Labute approximate surface area is 318 Å². The number of benzene rings is 8. The van der Waals surface area contributed by atoms with Crippen molar-refractivity contribution in [2.24, 2.45) is 0 Å². The van der Waals surface area contributed by atoms with Gasteiger partial charge in [-0.05, 0) is 77.9 Å². The average Bonchev–Trinajstić information content (AvgIpc) is 3.88. The van der Waals surface area contributed by atoms with Crippen molar-refractivity contribution in [2.75, 3.05) is 0 Å². The van der Waals surface area contributed by atoms with Crippen LogP contribution in [0, 0.1) is 0 Å². The summed E-state index contributed by atoms with van der Waals surface area (Å²) in [4.78, 5) is 0. The van der Waals surface area contributed by atoms with E-state index in [0.29, 0.717) is 11.0 Å². The van der Waals surface area contributed by atoms with E-state index < -0.39 is 28.7 Å². The number of phenolic OH excluding ortho intramolecular Hbond substituents is 5. The fraction of sp³-hybridized carbons (Fsp3) is 0. The van der Waals surface area contributed by atoms with E-state index in [9.17, 15) is 25.5 Å². The summed E-state index contributed by atoms with van der Waals surface area (Å²) in [6, 6.07) is 54.2. The van der Waals surface area contributed by atoms with E-state index in [-0.39, 0.29) is 5.69 Å². The molecule has 0 fully saturated rings. The van der Waals surface area contributed by atoms with Gasteiger partial charge in [-0.15, -0.1) is 0 Å². The number of fused-ring (bicyclic) bond motifs is 9. The molecule has 0 aliphatic carbocycles. The zero-order chi connectivity index (χ0) is 37.8. The monoisotopic (exact) mass is 729 g/mol. The second-order valence-electron chi connectivity index (χ2n) is 14.2. The van der Waals surface area contributed by atoms with Crippen LogP contribution in [-0.2, 0) is 0 Å². The summed E-state index contributed by atoms with van der Waals surface area (Å²) in [7, 11) is 0. The Hall–Kier alpha value is -7.84. The van der Waals surface area contributed by atoms with Gasteiger partial charge in [0.2, 0.25) is 17.2 Å². The molecule has 5 N–H and O–H groups in total. The van der Waals surface area contributed by atoms with E-state index in [1.54, 1.807) is 4.57 Å². The van der Waals surface area contributed by atoms with Crippen molar-refractivity contribution >= 4 is 65.4 Å². The molecule has 8 nitrogen and oxygen atoms in total. The third-order valence-electron chi connectivity index (χ3n) is 11.2. The zero-order valence-electron chi connectivity index (χ0n) is 29.6. The van der Waals surface area contributed by atoms with E-state index in [0.717, 1.165) is 66.1 Å². The highest BCUT2D eigenvalue weighted by Crippen LogP contribution is 2.54. The molecule has 3 aromatic heterocycles. The van der Waals surface area contributed by atoms with E-state index >= 15 is 0 Å². The van der Waals surface area contributed by atoms with Crippen molar-refractivity contribution < 1.29 is 25.5 Å². The standard InChI is InChI=1S/C48H31N3O5/c52-44-43(45(53)47(55)48(56)46(44)54)51-40-19-8-4-15-34(40)36-25-28(21-23-42(36)51)27-20-22-41-35(24-27)33-14-3-7-18-39(33)50(41)30-11-9-10-29(26-30)49-37-16-5-1-12-31(37)32-13-2-6-17-38(32)49/h1-26,52-56H. The highest BCUT2D eigenvalue weighted by molar-refractivity contribution is 6.13. The van der Waals surface area contributed by atoms with Crippen molar-refractivity contribution in [1.29, 1.82) is 0 Å². The first-order valence-electron chi connectivity index (χ1n) is 18.2. The Morgan fingerprint density at radius 1 is 0.268 bits per heavy atom. The van der Waals surface area contributed by atoms with Crippen LogP contribution in [0.15, 0.2) is 158 Å². The van der Waals surface area contributed by atoms with Crippen molar-refractivity contribution in [3.8, 4) is 56.9 Å². The number of rotatable bonds is 4. The fourth-order valence-electron chi connectivity index (χ4n) is 8.68. The van der Waals surface area contributed by atoms with E-state index in [2.05, 4.69) is 130 Å². The number of hydrogen-bond acceptors (Lipinski definition) is 5. The van der Waals surface area contributed by atoms with Gasteiger partial charge in [0.15, 0.2) is 11.5 Å². The van der Waals surface area contributed by atoms with Crippen LogP contribution >= 0.6 is 0 Å². The lowest BCUT2D eigenvalue weighted by Gasteiger charge is -2.15. The van der Waals surface area contributed by atoms with Crippen LogP contribution in [0.25, 0.3) is 93.6 Å². The Kier molecular flexibility index (Phi) is 6.55. The lowest BCUT2D eigenvalue weighted by molar-refractivity contribution is 0.327. The minimum Gasteiger partial charge on any atom is -0.503 e. The van der Waals surface area contributed by atoms with Crippen LogP contribution in [0.5, 0.6) is 28.7 Å². The van der Waals surface area contributed by atoms with Crippen molar-refractivity contribution in [2.45, 2.75) is 0 Å². The lowest BCUT2D eigenvalue weighted by Crippen LogP contribution is -1.98. The summed E-state index contributed by atoms with van der Waals surface area (Å²) in [5.41, 5.74) is 9.57. The molecule has 0 spiro atoms. The van der Waals surface area contributed by atoms with Crippen LogP contribution in [-0.4, -0.2) is 39.2 Å². The molecule has 0 unspecified atom stereocenters. The maximum absolute atomic E-state index is 10.9. The molecule has 0 saturated heterocycles. The molecule has 0 radical (unpaired) electrons. The molecule has 0 saturated carbocycles. The van der Waals surface area contributed by atoms with Crippen molar-refractivity contribution in [3.05, 3.63) is 158 Å². The van der Waals surface area contributed by atoms with E-state index in [4.69, 9.17) is 0 Å². The summed E-state index contributed by atoms with van der Waals surface area (Å²) in [6.07, 6.45) is 0. The SMILES string of the molecule is Oc1c(O)c(O)c(-n2c3ccccc3c3cc(-c4ccc5c(c4)c4ccccc4n5-c4cccc(-n5c6ccccc6c6ccccc65)c4)ccc32)c(O)c1O. The first-order valence-corrected chi connectivity index (χ1v) is 18.2. The smallest absolute Gasteiger partial charge is 0.208 e. The van der Waals surface area contributed by atoms with Gasteiger partial charge in [0.1, 0.15) is 5.69 Å². The maximum atomic E-state index is 10.9. The average molecular weight is 730 g/mol. The van der Waals surface area contributed by atoms with Crippen LogP contribution in [0.2, 0.25) is 0 Å². The molecular formula is C48H31N3O5. The molecule has 0 aliphatic rings. The topological polar surface area (TPSA) is 116 Å². The van der Waals surface area contributed by atoms with Gasteiger partial charge < -0.3 is 39.2 Å². The van der Waals surface area contributed by atoms with Gasteiger partial charge in [-0.1, -0.05) is 91.0 Å². The molecule has 11 aromatic rings. The first kappa shape index (κ1) is 31.7. The number of phenols is 5. The first-order chi connectivity index (χ1) is 27.4. The predicted molar refractivity (Wildman–Crippen MR) is 223 cm³/mol. The van der Waals surface area contributed by atoms with Crippen LogP contribution in [0.4, 0.5) is 0 Å². The molecule has 56 heavy (non-hydrogen) atoms. The third kappa shape index (κ3) is 4.29. The lowest BCUT2D eigenvalue weighted by atomic mass is 10.0. The van der Waals surface area contributed by atoms with Crippen LogP contribution in [0.1, 0.15) is 0 Å². The molecule has 0 bridgehead atoms. The number of aromatic hydroxyl groups is 5. The van der Waals surface area contributed by atoms with Gasteiger partial charge in [-0.2, -0.15) is 0 Å². The maximum Gasteiger partial charge on any atom is 0.208 e. The van der Waals surface area contributed by atoms with Crippen LogP contribution < -0.4 is 0 Å². The van der Waals surface area contributed by atoms with Gasteiger partial charge in [0.25, 0.3) is 0 Å². The molecule has 0 atom stereocenters. The highest BCUT2D eigenvalue weighted by atomic mass is 16.4. The fourth-order valence-corrected chi connectivity index (χ4v) is 8.68. The minimum absolute atomic E-state index is 0.242. The Morgan fingerprint density at radius 2 is 0.607 bits per heavy atom. The van der Waals surface area contributed by atoms with E-state index in [1.165, 1.54) is 10.8 Å². The Bertz CT molecular complexity index is 3360. The largest absolute Gasteiger partial charge is 0.503 e. The van der Waals surface area contributed by atoms with Crippen molar-refractivity contribution in [3.63, 3.8) is 0 Å². The molecule has 8 aromatic carbocycles. The summed E-state index contributed by atoms with van der Waals surface area (Å²) in [5.74, 6) is -4.37. The molecule has 268 valence electrons. The summed E-state index contributed by atoms with van der Waals surface area (Å²) < 4.78 is 6.23. The zero-order valence-corrected chi connectivity index (χ0v) is 29.6. The number of para-hydroxylation sites is 4. The Morgan fingerprint density at radius 3 is 1.05 bits per heavy atom. The van der Waals surface area contributed by atoms with Crippen LogP contribution in [0.3, 0.4) is 0 Å². The number of aromatic nitrogens is 3. The molecule has 0 aliphatic heterocycles. The Balaban J connectivity index is 1.09. The number of nitrogens with zero attached hydrogens (tertiary/aromatic N) is 3. The third-order valence-corrected chi connectivity index (χ3v) is 11.2. The molecule has 8 heteroatoms. The van der Waals surface area contributed by atoms with Gasteiger partial charge in [0, 0.05) is 43.7 Å². The van der Waals surface area contributed by atoms with E-state index in [1.807, 2.05) is 36.4 Å².